The molecule has 5 aromatic rings. The zero-order valence-electron chi connectivity index (χ0n) is 28.5. The second-order valence-corrected chi connectivity index (χ2v) is 12.6. The van der Waals surface area contributed by atoms with Crippen LogP contribution in [0, 0.1) is 18.6 Å². The number of methoxy groups -OCH3 is 1. The molecule has 1 aliphatic rings. The summed E-state index contributed by atoms with van der Waals surface area (Å²) in [5.41, 5.74) is -1.19. The van der Waals surface area contributed by atoms with E-state index in [9.17, 15) is 22.8 Å². The number of ketones is 1. The predicted octanol–water partition coefficient (Wildman–Crippen LogP) is 7.33. The number of amides is 1. The van der Waals surface area contributed by atoms with Crippen molar-refractivity contribution in [3.63, 3.8) is 0 Å². The van der Waals surface area contributed by atoms with Crippen molar-refractivity contribution < 1.29 is 36.3 Å². The predicted molar refractivity (Wildman–Crippen MR) is 183 cm³/mol. The van der Waals surface area contributed by atoms with Crippen molar-refractivity contribution in [3.8, 4) is 11.1 Å². The first-order valence-corrected chi connectivity index (χ1v) is 16.6. The zero-order chi connectivity index (χ0) is 36.6. The maximum atomic E-state index is 15.3. The molecule has 1 amide bonds. The van der Waals surface area contributed by atoms with Crippen LogP contribution in [-0.4, -0.2) is 56.4 Å². The highest BCUT2D eigenvalue weighted by Gasteiger charge is 2.36. The highest BCUT2D eigenvalue weighted by molar-refractivity contribution is 6.10. The molecule has 0 bridgehead atoms. The number of hydrogen-bond donors (Lipinski definition) is 2. The van der Waals surface area contributed by atoms with Gasteiger partial charge in [-0.15, -0.1) is 0 Å². The Balaban J connectivity index is 1.27. The van der Waals surface area contributed by atoms with Crippen LogP contribution in [0.1, 0.15) is 65.7 Å². The summed E-state index contributed by atoms with van der Waals surface area (Å²) < 4.78 is 82.1. The minimum Gasteiger partial charge on any atom is -0.381 e. The molecule has 9 nitrogen and oxygen atoms in total. The lowest BCUT2D eigenvalue weighted by atomic mass is 9.93. The minimum atomic E-state index is -4.73. The number of alkyl halides is 3. The van der Waals surface area contributed by atoms with Gasteiger partial charge >= 0.3 is 6.18 Å². The number of halogens is 5. The molecule has 2 N–H and O–H groups in total. The van der Waals surface area contributed by atoms with Gasteiger partial charge < -0.3 is 19.9 Å². The van der Waals surface area contributed by atoms with Crippen molar-refractivity contribution in [3.05, 3.63) is 94.7 Å². The molecule has 3 aromatic heterocycles. The highest BCUT2D eigenvalue weighted by Crippen LogP contribution is 2.41. The molecule has 0 aliphatic heterocycles. The largest absolute Gasteiger partial charge is 0.417 e. The van der Waals surface area contributed by atoms with Gasteiger partial charge in [0.1, 0.15) is 34.5 Å². The molecule has 2 aromatic carbocycles. The summed E-state index contributed by atoms with van der Waals surface area (Å²) >= 11 is 0. The van der Waals surface area contributed by atoms with E-state index in [0.717, 1.165) is 43.9 Å². The number of aromatic nitrogens is 4. The van der Waals surface area contributed by atoms with Gasteiger partial charge in [-0.3, -0.25) is 14.0 Å². The van der Waals surface area contributed by atoms with Gasteiger partial charge in [0.05, 0.1) is 28.4 Å². The number of nitrogens with zero attached hydrogens (tertiary/aromatic N) is 4. The summed E-state index contributed by atoms with van der Waals surface area (Å²) in [5.74, 6) is -3.37. The lowest BCUT2D eigenvalue weighted by Gasteiger charge is -2.27. The number of nitrogens with one attached hydrogen (secondary N) is 2. The standard InChI is InChI=1S/C37H37F5N6O3/c1-5-29-34(48-15-7-8-24(36(48)45-29)25-18-30-31(47(3)20(2)44-30)19-26(25)37(40,41)42)35(50)21-16-27(38)33(28(39)17-21)46-32(49)9-6-14-43-22-10-12-23(51-4)13-11-22/h6-9,15-19,22-23,43H,5,10-14H2,1-4H3,(H,46,49)/b9-6+. The average molecular weight is 709 g/mol. The number of rotatable bonds is 10. The zero-order valence-corrected chi connectivity index (χ0v) is 28.5. The number of anilines is 1. The maximum Gasteiger partial charge on any atom is 0.417 e. The van der Waals surface area contributed by atoms with E-state index in [1.165, 1.54) is 34.9 Å². The molecule has 268 valence electrons. The second kappa shape index (κ2) is 14.3. The van der Waals surface area contributed by atoms with Crippen LogP contribution in [0.25, 0.3) is 27.8 Å². The Kier molecular flexibility index (Phi) is 10.1. The molecule has 1 fully saturated rings. The van der Waals surface area contributed by atoms with E-state index >= 15 is 8.78 Å². The Hall–Kier alpha value is -4.95. The van der Waals surface area contributed by atoms with Crippen molar-refractivity contribution >= 4 is 34.1 Å². The monoisotopic (exact) mass is 708 g/mol. The molecule has 6 rings (SSSR count). The average Bonchev–Trinajstić information content (AvgIpc) is 3.62. The maximum absolute atomic E-state index is 15.3. The van der Waals surface area contributed by atoms with E-state index < -0.39 is 40.8 Å². The summed E-state index contributed by atoms with van der Waals surface area (Å²) in [4.78, 5) is 35.3. The van der Waals surface area contributed by atoms with Crippen LogP contribution in [0.4, 0.5) is 27.6 Å². The third kappa shape index (κ3) is 7.15. The molecule has 0 saturated heterocycles. The fourth-order valence-corrected chi connectivity index (χ4v) is 6.66. The summed E-state index contributed by atoms with van der Waals surface area (Å²) in [7, 11) is 3.33. The van der Waals surface area contributed by atoms with E-state index in [0.29, 0.717) is 23.4 Å². The molecule has 1 aliphatic carbocycles. The van der Waals surface area contributed by atoms with Crippen LogP contribution >= 0.6 is 0 Å². The Morgan fingerprint density at radius 3 is 2.39 bits per heavy atom. The number of fused-ring (bicyclic) bond motifs is 2. The first-order valence-electron chi connectivity index (χ1n) is 16.6. The lowest BCUT2D eigenvalue weighted by molar-refractivity contribution is -0.137. The quantitative estimate of drug-likeness (QED) is 0.0896. The third-order valence-corrected chi connectivity index (χ3v) is 9.47. The van der Waals surface area contributed by atoms with Gasteiger partial charge in [0, 0.05) is 50.1 Å². The van der Waals surface area contributed by atoms with Gasteiger partial charge in [0.15, 0.2) is 0 Å². The van der Waals surface area contributed by atoms with Crippen LogP contribution in [0.15, 0.2) is 54.7 Å². The first-order chi connectivity index (χ1) is 24.3. The van der Waals surface area contributed by atoms with Crippen molar-refractivity contribution in [2.24, 2.45) is 7.05 Å². The van der Waals surface area contributed by atoms with Crippen LogP contribution < -0.4 is 10.6 Å². The van der Waals surface area contributed by atoms with E-state index in [4.69, 9.17) is 4.74 Å². The van der Waals surface area contributed by atoms with E-state index in [1.54, 1.807) is 38.6 Å². The molecular formula is C37H37F5N6O3. The number of imidazole rings is 2. The minimum absolute atomic E-state index is 0.0561. The smallest absolute Gasteiger partial charge is 0.381 e. The number of ether oxygens (including phenoxy) is 1. The molecule has 0 radical (unpaired) electrons. The lowest BCUT2D eigenvalue weighted by Crippen LogP contribution is -2.35. The van der Waals surface area contributed by atoms with Gasteiger partial charge in [0.2, 0.25) is 11.7 Å². The normalized spacial score (nSPS) is 16.8. The molecule has 14 heteroatoms. The van der Waals surface area contributed by atoms with Gasteiger partial charge in [-0.05, 0) is 81.0 Å². The van der Waals surface area contributed by atoms with Gasteiger partial charge in [0.25, 0.3) is 0 Å². The van der Waals surface area contributed by atoms with Crippen molar-refractivity contribution in [2.75, 3.05) is 19.0 Å². The Morgan fingerprint density at radius 1 is 1.04 bits per heavy atom. The molecule has 0 atom stereocenters. The van der Waals surface area contributed by atoms with E-state index in [1.807, 2.05) is 0 Å². The molecule has 51 heavy (non-hydrogen) atoms. The topological polar surface area (TPSA) is 103 Å². The Bertz CT molecular complexity index is 2140. The van der Waals surface area contributed by atoms with Gasteiger partial charge in [-0.25, -0.2) is 18.7 Å². The molecule has 3 heterocycles. The number of aryl methyl sites for hydroxylation is 3. The SMILES string of the molecule is CCc1nc2c(-c3cc4nc(C)n(C)c4cc3C(F)(F)F)cccn2c1C(=O)c1cc(F)c(NC(=O)/C=C/CNC2CCC(OC)CC2)c(F)c1. The molecule has 1 saturated carbocycles. The number of benzene rings is 2. The summed E-state index contributed by atoms with van der Waals surface area (Å²) in [6.07, 6.45) is 3.69. The van der Waals surface area contributed by atoms with Crippen LogP contribution in [0.2, 0.25) is 0 Å². The number of carbonyl (C=O) groups excluding carboxylic acids is 2. The Morgan fingerprint density at radius 2 is 1.75 bits per heavy atom. The number of pyridine rings is 1. The van der Waals surface area contributed by atoms with E-state index in [-0.39, 0.29) is 52.3 Å². The van der Waals surface area contributed by atoms with Crippen molar-refractivity contribution in [1.29, 1.82) is 0 Å². The van der Waals surface area contributed by atoms with Gasteiger partial charge in [-0.1, -0.05) is 13.0 Å². The summed E-state index contributed by atoms with van der Waals surface area (Å²) in [6.45, 7) is 3.78. The van der Waals surface area contributed by atoms with Crippen molar-refractivity contribution in [2.45, 2.75) is 64.3 Å². The third-order valence-electron chi connectivity index (χ3n) is 9.47. The summed E-state index contributed by atoms with van der Waals surface area (Å²) in [6, 6.07) is 7.24. The highest BCUT2D eigenvalue weighted by atomic mass is 19.4. The number of hydrogen-bond acceptors (Lipinski definition) is 6. The molecule has 0 spiro atoms. The Labute approximate surface area is 290 Å². The fourth-order valence-electron chi connectivity index (χ4n) is 6.66. The summed E-state index contributed by atoms with van der Waals surface area (Å²) in [5, 5.41) is 5.52. The van der Waals surface area contributed by atoms with Gasteiger partial charge in [-0.2, -0.15) is 13.2 Å². The fraction of sp³-hybridized carbons (Fsp3) is 0.351. The number of carbonyl (C=O) groups is 2. The van der Waals surface area contributed by atoms with E-state index in [2.05, 4.69) is 20.6 Å². The van der Waals surface area contributed by atoms with Crippen LogP contribution in [-0.2, 0) is 29.2 Å². The molecule has 0 unspecified atom stereocenters. The second-order valence-electron chi connectivity index (χ2n) is 12.6. The van der Waals surface area contributed by atoms with Crippen LogP contribution in [0.3, 0.4) is 0 Å². The first kappa shape index (κ1) is 35.9. The van der Waals surface area contributed by atoms with Crippen molar-refractivity contribution in [1.82, 2.24) is 24.3 Å². The molecular weight excluding hydrogens is 671 g/mol. The van der Waals surface area contributed by atoms with Crippen LogP contribution in [0.5, 0.6) is 0 Å².